The fourth-order valence-corrected chi connectivity index (χ4v) is 2.07. The van der Waals surface area contributed by atoms with Gasteiger partial charge >= 0.3 is 0 Å². The van der Waals surface area contributed by atoms with Crippen LogP contribution in [0.3, 0.4) is 0 Å². The number of anilines is 1. The van der Waals surface area contributed by atoms with E-state index >= 15 is 0 Å². The fraction of sp³-hybridized carbons (Fsp3) is 0.286. The second-order valence-corrected chi connectivity index (χ2v) is 4.28. The van der Waals surface area contributed by atoms with E-state index in [0.29, 0.717) is 16.6 Å². The molecular formula is C7H6ClN3O2S. The number of nitrogens with one attached hydrogen (secondary N) is 1. The van der Waals surface area contributed by atoms with Gasteiger partial charge in [0.15, 0.2) is 4.71 Å². The fourth-order valence-electron chi connectivity index (χ4n) is 1.04. The molecule has 0 bridgehead atoms. The molecule has 1 aromatic rings. The predicted molar refractivity (Wildman–Crippen MR) is 52.7 cm³/mol. The van der Waals surface area contributed by atoms with Crippen molar-refractivity contribution in [3.05, 3.63) is 6.33 Å². The number of hydrogen-bond acceptors (Lipinski definition) is 5. The standard InChI is InChI=1S/C7H6ClN3O2S/c1-13-6-3-7(10-2-9-6)14-4(8)5(12)11-3/h2,4H,1H3,(H,11,12). The number of alkyl halides is 1. The molecule has 2 heterocycles. The van der Waals surface area contributed by atoms with Crippen LogP contribution >= 0.6 is 23.4 Å². The second kappa shape index (κ2) is 3.62. The maximum Gasteiger partial charge on any atom is 0.253 e. The van der Waals surface area contributed by atoms with Gasteiger partial charge < -0.3 is 10.1 Å². The van der Waals surface area contributed by atoms with E-state index in [9.17, 15) is 4.79 Å². The smallest absolute Gasteiger partial charge is 0.253 e. The topological polar surface area (TPSA) is 64.1 Å². The average Bonchev–Trinajstić information content (AvgIpc) is 2.19. The van der Waals surface area contributed by atoms with Crippen LogP contribution in [0.1, 0.15) is 0 Å². The highest BCUT2D eigenvalue weighted by atomic mass is 35.5. The Morgan fingerprint density at radius 1 is 1.64 bits per heavy atom. The molecule has 1 N–H and O–H groups in total. The first-order valence-corrected chi connectivity index (χ1v) is 5.04. The number of halogens is 1. The monoisotopic (exact) mass is 231 g/mol. The molecule has 1 atom stereocenters. The number of ether oxygens (including phenoxy) is 1. The summed E-state index contributed by atoms with van der Waals surface area (Å²) in [6.45, 7) is 0. The van der Waals surface area contributed by atoms with E-state index < -0.39 is 4.71 Å². The third kappa shape index (κ3) is 1.51. The van der Waals surface area contributed by atoms with Gasteiger partial charge in [0, 0.05) is 0 Å². The summed E-state index contributed by atoms with van der Waals surface area (Å²) in [5.74, 6) is 0.0664. The lowest BCUT2D eigenvalue weighted by molar-refractivity contribution is -0.114. The van der Waals surface area contributed by atoms with Crippen LogP contribution in [0.2, 0.25) is 0 Å². The van der Waals surface area contributed by atoms with Gasteiger partial charge in [-0.2, -0.15) is 4.98 Å². The van der Waals surface area contributed by atoms with E-state index in [1.807, 2.05) is 0 Å². The molecule has 0 radical (unpaired) electrons. The molecule has 0 fully saturated rings. The quantitative estimate of drug-likeness (QED) is 0.579. The van der Waals surface area contributed by atoms with E-state index in [1.165, 1.54) is 25.2 Å². The number of carbonyl (C=O) groups excluding carboxylic acids is 1. The van der Waals surface area contributed by atoms with Gasteiger partial charge in [0.05, 0.1) is 7.11 Å². The SMILES string of the molecule is COc1ncnc2c1NC(=O)C(Cl)S2. The van der Waals surface area contributed by atoms with Crippen LogP contribution < -0.4 is 10.1 Å². The minimum Gasteiger partial charge on any atom is -0.479 e. The van der Waals surface area contributed by atoms with E-state index in [-0.39, 0.29) is 5.91 Å². The highest BCUT2D eigenvalue weighted by Crippen LogP contribution is 2.39. The minimum atomic E-state index is -0.651. The van der Waals surface area contributed by atoms with Gasteiger partial charge in [-0.25, -0.2) is 4.98 Å². The summed E-state index contributed by atoms with van der Waals surface area (Å²) in [7, 11) is 1.48. The Morgan fingerprint density at radius 2 is 2.43 bits per heavy atom. The molecule has 7 heteroatoms. The Labute approximate surface area is 89.2 Å². The summed E-state index contributed by atoms with van der Waals surface area (Å²) in [4.78, 5) is 19.1. The van der Waals surface area contributed by atoms with Crippen molar-refractivity contribution in [1.82, 2.24) is 9.97 Å². The van der Waals surface area contributed by atoms with Gasteiger partial charge in [0.25, 0.3) is 5.91 Å². The lowest BCUT2D eigenvalue weighted by atomic mass is 10.4. The molecule has 0 aromatic carbocycles. The van der Waals surface area contributed by atoms with Crippen molar-refractivity contribution < 1.29 is 9.53 Å². The van der Waals surface area contributed by atoms with Crippen LogP contribution in [-0.4, -0.2) is 27.7 Å². The zero-order valence-corrected chi connectivity index (χ0v) is 8.72. The van der Waals surface area contributed by atoms with Gasteiger partial charge in [-0.3, -0.25) is 4.79 Å². The summed E-state index contributed by atoms with van der Waals surface area (Å²) in [6.07, 6.45) is 1.37. The zero-order chi connectivity index (χ0) is 10.1. The number of fused-ring (bicyclic) bond motifs is 1. The van der Waals surface area contributed by atoms with Crippen LogP contribution in [0, 0.1) is 0 Å². The largest absolute Gasteiger partial charge is 0.479 e. The number of rotatable bonds is 1. The number of thioether (sulfide) groups is 1. The average molecular weight is 232 g/mol. The molecule has 74 valence electrons. The van der Waals surface area contributed by atoms with Crippen molar-refractivity contribution in [3.8, 4) is 5.88 Å². The molecule has 2 rings (SSSR count). The van der Waals surface area contributed by atoms with Gasteiger partial charge in [-0.05, 0) is 0 Å². The Hall–Kier alpha value is -1.01. The van der Waals surface area contributed by atoms with E-state index in [0.717, 1.165) is 0 Å². The molecule has 0 saturated heterocycles. The number of hydrogen-bond donors (Lipinski definition) is 1. The Balaban J connectivity index is 2.46. The van der Waals surface area contributed by atoms with Crippen LogP contribution in [-0.2, 0) is 4.79 Å². The lowest BCUT2D eigenvalue weighted by Gasteiger charge is -2.19. The summed E-state index contributed by atoms with van der Waals surface area (Å²) < 4.78 is 4.32. The van der Waals surface area contributed by atoms with Crippen molar-refractivity contribution in [2.75, 3.05) is 12.4 Å². The van der Waals surface area contributed by atoms with Gasteiger partial charge in [0.2, 0.25) is 5.88 Å². The molecule has 1 amide bonds. The maximum atomic E-state index is 11.2. The molecule has 1 aromatic heterocycles. The highest BCUT2D eigenvalue weighted by Gasteiger charge is 2.28. The van der Waals surface area contributed by atoms with Crippen molar-refractivity contribution >= 4 is 35.0 Å². The van der Waals surface area contributed by atoms with Crippen molar-refractivity contribution in [2.24, 2.45) is 0 Å². The van der Waals surface area contributed by atoms with Gasteiger partial charge in [-0.15, -0.1) is 0 Å². The Bertz CT molecular complexity index is 387. The highest BCUT2D eigenvalue weighted by molar-refractivity contribution is 8.02. The zero-order valence-electron chi connectivity index (χ0n) is 7.15. The van der Waals surface area contributed by atoms with E-state index in [4.69, 9.17) is 16.3 Å². The minimum absolute atomic E-state index is 0.280. The molecule has 1 unspecified atom stereocenters. The molecule has 0 aliphatic carbocycles. The van der Waals surface area contributed by atoms with E-state index in [2.05, 4.69) is 15.3 Å². The van der Waals surface area contributed by atoms with E-state index in [1.54, 1.807) is 0 Å². The molecule has 5 nitrogen and oxygen atoms in total. The molecule has 14 heavy (non-hydrogen) atoms. The molecular weight excluding hydrogens is 226 g/mol. The number of methoxy groups -OCH3 is 1. The molecule has 0 saturated carbocycles. The second-order valence-electron chi connectivity index (χ2n) is 2.49. The number of aromatic nitrogens is 2. The van der Waals surface area contributed by atoms with Crippen LogP contribution in [0.15, 0.2) is 11.4 Å². The molecule has 0 spiro atoms. The summed E-state index contributed by atoms with van der Waals surface area (Å²) in [6, 6.07) is 0. The number of carbonyl (C=O) groups is 1. The number of nitrogens with zero attached hydrogens (tertiary/aromatic N) is 2. The summed E-state index contributed by atoms with van der Waals surface area (Å²) >= 11 is 6.91. The van der Waals surface area contributed by atoms with Gasteiger partial charge in [-0.1, -0.05) is 23.4 Å². The third-order valence-electron chi connectivity index (χ3n) is 1.64. The van der Waals surface area contributed by atoms with Crippen molar-refractivity contribution in [3.63, 3.8) is 0 Å². The molecule has 1 aliphatic rings. The van der Waals surface area contributed by atoms with Crippen LogP contribution in [0.4, 0.5) is 5.69 Å². The third-order valence-corrected chi connectivity index (χ3v) is 3.06. The first-order chi connectivity index (χ1) is 6.72. The van der Waals surface area contributed by atoms with Crippen LogP contribution in [0.5, 0.6) is 5.88 Å². The van der Waals surface area contributed by atoms with Gasteiger partial charge in [0.1, 0.15) is 17.0 Å². The van der Waals surface area contributed by atoms with Crippen molar-refractivity contribution in [1.29, 1.82) is 0 Å². The Kier molecular flexibility index (Phi) is 2.47. The Morgan fingerprint density at radius 3 is 3.14 bits per heavy atom. The molecule has 1 aliphatic heterocycles. The predicted octanol–water partition coefficient (Wildman–Crippen LogP) is 1.09. The normalized spacial score (nSPS) is 19.9. The van der Waals surface area contributed by atoms with Crippen LogP contribution in [0.25, 0.3) is 0 Å². The maximum absolute atomic E-state index is 11.2. The summed E-state index contributed by atoms with van der Waals surface area (Å²) in [5, 5.41) is 3.21. The lowest BCUT2D eigenvalue weighted by Crippen LogP contribution is -2.25. The number of amides is 1. The summed E-state index contributed by atoms with van der Waals surface area (Å²) in [5.41, 5.74) is 0.488. The first kappa shape index (κ1) is 9.54. The first-order valence-electron chi connectivity index (χ1n) is 3.73. The van der Waals surface area contributed by atoms with Crippen molar-refractivity contribution in [2.45, 2.75) is 9.74 Å².